The predicted octanol–water partition coefficient (Wildman–Crippen LogP) is 4.10. The van der Waals surface area contributed by atoms with Gasteiger partial charge in [0.15, 0.2) is 0 Å². The molecule has 4 unspecified atom stereocenters. The summed E-state index contributed by atoms with van der Waals surface area (Å²) in [5, 5.41) is 0. The first-order valence-electron chi connectivity index (χ1n) is 7.61. The molecule has 0 aromatic carbocycles. The van der Waals surface area contributed by atoms with Crippen molar-refractivity contribution in [3.63, 3.8) is 0 Å². The van der Waals surface area contributed by atoms with E-state index in [1.807, 2.05) is 0 Å². The van der Waals surface area contributed by atoms with Crippen molar-refractivity contribution in [2.45, 2.75) is 52.4 Å². The van der Waals surface area contributed by atoms with Crippen LogP contribution in [-0.4, -0.2) is 0 Å². The molecule has 0 radical (unpaired) electrons. The van der Waals surface area contributed by atoms with Crippen LogP contribution >= 0.6 is 0 Å². The lowest BCUT2D eigenvalue weighted by molar-refractivity contribution is -0.286. The van der Waals surface area contributed by atoms with Crippen LogP contribution in [0.25, 0.3) is 0 Å². The first-order chi connectivity index (χ1) is 7.61. The smallest absolute Gasteiger partial charge is 0.0261 e. The van der Waals surface area contributed by atoms with E-state index in [1.54, 1.807) is 38.5 Å². The third-order valence-corrected chi connectivity index (χ3v) is 8.17. The molecule has 0 N–H and O–H groups in total. The molecule has 8 atom stereocenters. The lowest BCUT2D eigenvalue weighted by Crippen LogP contribution is -2.70. The van der Waals surface area contributed by atoms with Crippen molar-refractivity contribution in [3.8, 4) is 0 Å². The third-order valence-electron chi connectivity index (χ3n) is 8.17. The molecule has 0 heteroatoms. The van der Waals surface area contributed by atoms with Crippen molar-refractivity contribution < 1.29 is 0 Å². The fraction of sp³-hybridized carbons (Fsp3) is 1.00. The van der Waals surface area contributed by atoms with Crippen LogP contribution in [0.2, 0.25) is 0 Å². The van der Waals surface area contributed by atoms with E-state index in [4.69, 9.17) is 0 Å². The number of hydrogen-bond acceptors (Lipinski definition) is 0. The van der Waals surface area contributed by atoms with Crippen molar-refractivity contribution in [1.82, 2.24) is 0 Å². The highest BCUT2D eigenvalue weighted by molar-refractivity contribution is 5.20. The minimum atomic E-state index is 0.799. The van der Waals surface area contributed by atoms with Crippen molar-refractivity contribution >= 4 is 0 Å². The molecule has 0 amide bonds. The van der Waals surface area contributed by atoms with Crippen molar-refractivity contribution in [2.75, 3.05) is 0 Å². The van der Waals surface area contributed by atoms with Crippen LogP contribution < -0.4 is 0 Å². The highest BCUT2D eigenvalue weighted by Gasteiger charge is 2.71. The van der Waals surface area contributed by atoms with Crippen LogP contribution in [0, 0.1) is 46.3 Å². The van der Waals surface area contributed by atoms with Gasteiger partial charge in [0.25, 0.3) is 0 Å². The second-order valence-corrected chi connectivity index (χ2v) is 8.52. The zero-order valence-corrected chi connectivity index (χ0v) is 10.7. The molecule has 0 nitrogen and oxygen atoms in total. The molecule has 7 aliphatic carbocycles. The summed E-state index contributed by atoms with van der Waals surface area (Å²) >= 11 is 0. The molecule has 0 saturated heterocycles. The van der Waals surface area contributed by atoms with Gasteiger partial charge in [0.05, 0.1) is 0 Å². The summed E-state index contributed by atoms with van der Waals surface area (Å²) in [6, 6.07) is 0. The summed E-state index contributed by atoms with van der Waals surface area (Å²) in [4.78, 5) is 0. The second kappa shape index (κ2) is 2.27. The van der Waals surface area contributed by atoms with E-state index >= 15 is 0 Å². The maximum absolute atomic E-state index is 2.69. The van der Waals surface area contributed by atoms with Crippen LogP contribution in [0.5, 0.6) is 0 Å². The summed E-state index contributed by atoms with van der Waals surface area (Å²) in [6.45, 7) is 5.38. The largest absolute Gasteiger partial charge is 0.0591 e. The summed E-state index contributed by atoms with van der Waals surface area (Å²) in [6.07, 6.45) is 9.69. The van der Waals surface area contributed by atoms with Gasteiger partial charge in [-0.05, 0) is 84.9 Å². The molecule has 7 fully saturated rings. The van der Waals surface area contributed by atoms with Crippen LogP contribution in [0.3, 0.4) is 0 Å². The Morgan fingerprint density at radius 3 is 1.25 bits per heavy atom. The maximum atomic E-state index is 2.69. The van der Waals surface area contributed by atoms with E-state index < -0.39 is 0 Å². The van der Waals surface area contributed by atoms with Gasteiger partial charge < -0.3 is 0 Å². The molecule has 0 aliphatic heterocycles. The first kappa shape index (κ1) is 9.00. The van der Waals surface area contributed by atoms with Gasteiger partial charge in [-0.1, -0.05) is 13.8 Å². The normalized spacial score (nSPS) is 73.9. The molecule has 0 aromatic rings. The van der Waals surface area contributed by atoms with Crippen molar-refractivity contribution in [1.29, 1.82) is 0 Å². The van der Waals surface area contributed by atoms with Gasteiger partial charge in [-0.25, -0.2) is 0 Å². The van der Waals surface area contributed by atoms with Gasteiger partial charge in [0.2, 0.25) is 0 Å². The lowest BCUT2D eigenvalue weighted by atomic mass is 9.27. The summed E-state index contributed by atoms with van der Waals surface area (Å²) < 4.78 is 0. The van der Waals surface area contributed by atoms with E-state index in [9.17, 15) is 0 Å². The second-order valence-electron chi connectivity index (χ2n) is 8.52. The number of rotatable bonds is 0. The van der Waals surface area contributed by atoms with Crippen LogP contribution in [0.4, 0.5) is 0 Å². The molecule has 7 aliphatic rings. The van der Waals surface area contributed by atoms with E-state index in [2.05, 4.69) is 13.8 Å². The Labute approximate surface area is 99.2 Å². The van der Waals surface area contributed by atoms with Gasteiger partial charge in [-0.3, -0.25) is 0 Å². The van der Waals surface area contributed by atoms with Gasteiger partial charge in [0, 0.05) is 0 Å². The monoisotopic (exact) mass is 216 g/mol. The SMILES string of the molecule is CC12CC3C[C@@H]4[C@H]1CC1C[C@H]2[C@H](C3)C4(C)C1. The topological polar surface area (TPSA) is 0 Å². The highest BCUT2D eigenvalue weighted by Crippen LogP contribution is 2.79. The minimum absolute atomic E-state index is 0.799. The van der Waals surface area contributed by atoms with Crippen molar-refractivity contribution in [3.05, 3.63) is 0 Å². The maximum Gasteiger partial charge on any atom is -0.0261 e. The van der Waals surface area contributed by atoms with E-state index in [0.29, 0.717) is 0 Å². The molecular weight excluding hydrogens is 192 g/mol. The summed E-state index contributed by atoms with van der Waals surface area (Å²) in [5.41, 5.74) is 1.60. The Morgan fingerprint density at radius 1 is 0.625 bits per heavy atom. The van der Waals surface area contributed by atoms with Gasteiger partial charge in [-0.2, -0.15) is 0 Å². The highest BCUT2D eigenvalue weighted by atomic mass is 14.8. The summed E-state index contributed by atoms with van der Waals surface area (Å²) in [5.74, 6) is 6.83. The predicted molar refractivity (Wildman–Crippen MR) is 64.9 cm³/mol. The Hall–Kier alpha value is 0. The zero-order chi connectivity index (χ0) is 10.7. The first-order valence-corrected chi connectivity index (χ1v) is 7.61. The van der Waals surface area contributed by atoms with Gasteiger partial charge >= 0.3 is 0 Å². The summed E-state index contributed by atoms with van der Waals surface area (Å²) in [7, 11) is 0. The fourth-order valence-corrected chi connectivity index (χ4v) is 7.93. The average Bonchev–Trinajstić information content (AvgIpc) is 2.24. The lowest BCUT2D eigenvalue weighted by Gasteiger charge is -2.77. The third kappa shape index (κ3) is 0.703. The zero-order valence-electron chi connectivity index (χ0n) is 10.7. The molecule has 0 spiro atoms. The fourth-order valence-electron chi connectivity index (χ4n) is 7.93. The molecule has 7 rings (SSSR count). The quantitative estimate of drug-likeness (QED) is 0.572. The Morgan fingerprint density at radius 2 is 0.938 bits per heavy atom. The van der Waals surface area contributed by atoms with Gasteiger partial charge in [0.1, 0.15) is 0 Å². The molecule has 8 bridgehead atoms. The minimum Gasteiger partial charge on any atom is -0.0591 e. The van der Waals surface area contributed by atoms with E-state index in [0.717, 1.165) is 46.3 Å². The number of hydrogen-bond donors (Lipinski definition) is 0. The Kier molecular flexibility index (Phi) is 1.28. The Balaban J connectivity index is 1.76. The van der Waals surface area contributed by atoms with E-state index in [-0.39, 0.29) is 0 Å². The molecule has 16 heavy (non-hydrogen) atoms. The average molecular weight is 216 g/mol. The van der Waals surface area contributed by atoms with E-state index in [1.165, 1.54) is 0 Å². The Bertz CT molecular complexity index is 308. The van der Waals surface area contributed by atoms with Crippen LogP contribution in [0.15, 0.2) is 0 Å². The van der Waals surface area contributed by atoms with Crippen LogP contribution in [-0.2, 0) is 0 Å². The van der Waals surface area contributed by atoms with Gasteiger partial charge in [-0.15, -0.1) is 0 Å². The standard InChI is InChI=1S/C16H24/c1-15-7-9-5-13-11(15)3-10-4-12(15)14(6-9)16(13,2)8-10/h9-14H,3-8H2,1-2H3/t9?,10?,11-,12+,13-,14+,15?,16?. The molecule has 88 valence electrons. The molecule has 0 heterocycles. The molecule has 0 aromatic heterocycles. The van der Waals surface area contributed by atoms with Crippen LogP contribution in [0.1, 0.15) is 52.4 Å². The molecular formula is C16H24. The molecule has 7 saturated carbocycles. The van der Waals surface area contributed by atoms with Crippen molar-refractivity contribution in [2.24, 2.45) is 46.3 Å².